The highest BCUT2D eigenvalue weighted by Crippen LogP contribution is 2.25. The maximum atomic E-state index is 11.7. The fourth-order valence-corrected chi connectivity index (χ4v) is 1.89. The zero-order valence-corrected chi connectivity index (χ0v) is 12.8. The Morgan fingerprint density at radius 3 is 2.62 bits per heavy atom. The average molecular weight is 296 g/mol. The predicted octanol–water partition coefficient (Wildman–Crippen LogP) is 1.50. The number of amides is 2. The van der Waals surface area contributed by atoms with Crippen molar-refractivity contribution in [2.75, 3.05) is 6.54 Å². The Morgan fingerprint density at radius 2 is 2.05 bits per heavy atom. The number of urea groups is 1. The van der Waals surface area contributed by atoms with Crippen LogP contribution in [0.5, 0.6) is 0 Å². The molecule has 118 valence electrons. The van der Waals surface area contributed by atoms with Gasteiger partial charge in [-0.15, -0.1) is 0 Å². The molecule has 0 saturated heterocycles. The van der Waals surface area contributed by atoms with Gasteiger partial charge in [-0.05, 0) is 24.3 Å². The van der Waals surface area contributed by atoms with Gasteiger partial charge in [0.05, 0.1) is 12.2 Å². The summed E-state index contributed by atoms with van der Waals surface area (Å²) in [6.45, 7) is 4.95. The second kappa shape index (κ2) is 7.66. The minimum absolute atomic E-state index is 0.103. The SMILES string of the molecule is Cn1nccc1CNC(=O)NCCC(C)(C)CCC(=O)O. The van der Waals surface area contributed by atoms with E-state index in [9.17, 15) is 9.59 Å². The van der Waals surface area contributed by atoms with Crippen molar-refractivity contribution in [3.05, 3.63) is 18.0 Å². The van der Waals surface area contributed by atoms with Gasteiger partial charge in [0, 0.05) is 26.2 Å². The van der Waals surface area contributed by atoms with Gasteiger partial charge in [0.25, 0.3) is 0 Å². The van der Waals surface area contributed by atoms with Gasteiger partial charge in [-0.25, -0.2) is 4.79 Å². The van der Waals surface area contributed by atoms with Crippen molar-refractivity contribution in [2.45, 2.75) is 39.7 Å². The monoisotopic (exact) mass is 296 g/mol. The Morgan fingerprint density at radius 1 is 1.33 bits per heavy atom. The van der Waals surface area contributed by atoms with Crippen LogP contribution in [-0.2, 0) is 18.4 Å². The number of aryl methyl sites for hydroxylation is 1. The number of carboxylic acids is 1. The summed E-state index contributed by atoms with van der Waals surface area (Å²) in [6, 6.07) is 1.61. The minimum Gasteiger partial charge on any atom is -0.481 e. The van der Waals surface area contributed by atoms with Gasteiger partial charge in [-0.1, -0.05) is 13.8 Å². The third-order valence-corrected chi connectivity index (χ3v) is 3.46. The number of carbonyl (C=O) groups excluding carboxylic acids is 1. The first-order chi connectivity index (χ1) is 9.80. The van der Waals surface area contributed by atoms with Crippen molar-refractivity contribution >= 4 is 12.0 Å². The molecule has 1 aromatic heterocycles. The van der Waals surface area contributed by atoms with Gasteiger partial charge in [0.2, 0.25) is 0 Å². The summed E-state index contributed by atoms with van der Waals surface area (Å²) >= 11 is 0. The Hall–Kier alpha value is -2.05. The molecule has 0 aliphatic rings. The molecule has 0 atom stereocenters. The van der Waals surface area contributed by atoms with Crippen molar-refractivity contribution in [3.63, 3.8) is 0 Å². The number of aliphatic carboxylic acids is 1. The van der Waals surface area contributed by atoms with Gasteiger partial charge in [-0.2, -0.15) is 5.10 Å². The molecule has 0 saturated carbocycles. The molecular formula is C14H24N4O3. The van der Waals surface area contributed by atoms with Crippen LogP contribution in [-0.4, -0.2) is 33.4 Å². The second-order valence-electron chi connectivity index (χ2n) is 5.86. The molecule has 0 fully saturated rings. The molecule has 0 aliphatic heterocycles. The molecule has 2 amide bonds. The van der Waals surface area contributed by atoms with Crippen molar-refractivity contribution in [1.82, 2.24) is 20.4 Å². The standard InChI is InChI=1S/C14H24N4O3/c1-14(2,6-4-12(19)20)7-9-15-13(21)16-10-11-5-8-17-18(11)3/h5,8H,4,6-7,9-10H2,1-3H3,(H,19,20)(H2,15,16,21). The molecule has 0 aliphatic carbocycles. The van der Waals surface area contributed by atoms with E-state index >= 15 is 0 Å². The van der Waals surface area contributed by atoms with Crippen LogP contribution in [0.2, 0.25) is 0 Å². The van der Waals surface area contributed by atoms with Crippen LogP contribution in [0.4, 0.5) is 4.79 Å². The lowest BCUT2D eigenvalue weighted by atomic mass is 9.84. The lowest BCUT2D eigenvalue weighted by Crippen LogP contribution is -2.37. The van der Waals surface area contributed by atoms with E-state index in [2.05, 4.69) is 15.7 Å². The molecule has 0 aromatic carbocycles. The number of nitrogens with one attached hydrogen (secondary N) is 2. The molecule has 0 radical (unpaired) electrons. The van der Waals surface area contributed by atoms with Gasteiger partial charge in [0.1, 0.15) is 0 Å². The molecule has 3 N–H and O–H groups in total. The summed E-state index contributed by atoms with van der Waals surface area (Å²) in [5.74, 6) is -0.787. The maximum absolute atomic E-state index is 11.7. The fraction of sp³-hybridized carbons (Fsp3) is 0.643. The largest absolute Gasteiger partial charge is 0.481 e. The molecule has 1 aromatic rings. The van der Waals surface area contributed by atoms with Gasteiger partial charge in [0.15, 0.2) is 0 Å². The van der Waals surface area contributed by atoms with Crippen LogP contribution >= 0.6 is 0 Å². The Kier molecular flexibility index (Phi) is 6.20. The average Bonchev–Trinajstić information content (AvgIpc) is 2.79. The second-order valence-corrected chi connectivity index (χ2v) is 5.86. The van der Waals surface area contributed by atoms with Crippen LogP contribution in [0, 0.1) is 5.41 Å². The third kappa shape index (κ3) is 6.78. The zero-order valence-electron chi connectivity index (χ0n) is 12.8. The lowest BCUT2D eigenvalue weighted by Gasteiger charge is -2.23. The van der Waals surface area contributed by atoms with E-state index in [-0.39, 0.29) is 17.9 Å². The number of carbonyl (C=O) groups is 2. The highest BCUT2D eigenvalue weighted by atomic mass is 16.4. The van der Waals surface area contributed by atoms with Crippen molar-refractivity contribution in [1.29, 1.82) is 0 Å². The normalized spacial score (nSPS) is 11.2. The number of aromatic nitrogens is 2. The van der Waals surface area contributed by atoms with E-state index in [1.165, 1.54) is 0 Å². The Labute approximate surface area is 124 Å². The smallest absolute Gasteiger partial charge is 0.315 e. The highest BCUT2D eigenvalue weighted by Gasteiger charge is 2.19. The molecule has 21 heavy (non-hydrogen) atoms. The van der Waals surface area contributed by atoms with Gasteiger partial charge >= 0.3 is 12.0 Å². The van der Waals surface area contributed by atoms with Crippen molar-refractivity contribution < 1.29 is 14.7 Å². The minimum atomic E-state index is -0.787. The van der Waals surface area contributed by atoms with Crippen LogP contribution in [0.3, 0.4) is 0 Å². The van der Waals surface area contributed by atoms with E-state index in [1.54, 1.807) is 10.9 Å². The summed E-state index contributed by atoms with van der Waals surface area (Å²) in [4.78, 5) is 22.2. The number of nitrogens with zero attached hydrogens (tertiary/aromatic N) is 2. The van der Waals surface area contributed by atoms with Crippen LogP contribution in [0.25, 0.3) is 0 Å². The first-order valence-corrected chi connectivity index (χ1v) is 7.00. The van der Waals surface area contributed by atoms with E-state index in [1.807, 2.05) is 27.0 Å². The Balaban J connectivity index is 2.21. The van der Waals surface area contributed by atoms with Gasteiger partial charge < -0.3 is 15.7 Å². The molecule has 1 rings (SSSR count). The summed E-state index contributed by atoms with van der Waals surface area (Å²) in [6.07, 6.45) is 3.17. The topological polar surface area (TPSA) is 96.3 Å². The predicted molar refractivity (Wildman–Crippen MR) is 78.7 cm³/mol. The summed E-state index contributed by atoms with van der Waals surface area (Å²) in [5.41, 5.74) is 0.820. The number of hydrogen-bond acceptors (Lipinski definition) is 3. The summed E-state index contributed by atoms with van der Waals surface area (Å²) in [5, 5.41) is 18.2. The van der Waals surface area contributed by atoms with Crippen LogP contribution in [0.1, 0.15) is 38.8 Å². The summed E-state index contributed by atoms with van der Waals surface area (Å²) < 4.78 is 1.70. The van der Waals surface area contributed by atoms with Crippen molar-refractivity contribution in [2.24, 2.45) is 12.5 Å². The van der Waals surface area contributed by atoms with E-state index in [0.29, 0.717) is 19.5 Å². The van der Waals surface area contributed by atoms with Gasteiger partial charge in [-0.3, -0.25) is 9.48 Å². The first kappa shape index (κ1) is 17.0. The maximum Gasteiger partial charge on any atom is 0.315 e. The molecule has 7 heteroatoms. The quantitative estimate of drug-likeness (QED) is 0.677. The van der Waals surface area contributed by atoms with Crippen molar-refractivity contribution in [3.8, 4) is 0 Å². The molecule has 1 heterocycles. The van der Waals surface area contributed by atoms with E-state index < -0.39 is 5.97 Å². The number of rotatable bonds is 8. The third-order valence-electron chi connectivity index (χ3n) is 3.46. The van der Waals surface area contributed by atoms with E-state index in [0.717, 1.165) is 12.1 Å². The molecule has 0 bridgehead atoms. The lowest BCUT2D eigenvalue weighted by molar-refractivity contribution is -0.137. The molecule has 0 spiro atoms. The highest BCUT2D eigenvalue weighted by molar-refractivity contribution is 5.73. The van der Waals surface area contributed by atoms with Crippen LogP contribution < -0.4 is 10.6 Å². The molecule has 0 unspecified atom stereocenters. The fourth-order valence-electron chi connectivity index (χ4n) is 1.89. The molecule has 7 nitrogen and oxygen atoms in total. The first-order valence-electron chi connectivity index (χ1n) is 7.00. The Bertz CT molecular complexity index is 482. The zero-order chi connectivity index (χ0) is 15.9. The number of carboxylic acid groups (broad SMARTS) is 1. The molecular weight excluding hydrogens is 272 g/mol. The number of hydrogen-bond donors (Lipinski definition) is 3. The van der Waals surface area contributed by atoms with Crippen LogP contribution in [0.15, 0.2) is 12.3 Å². The summed E-state index contributed by atoms with van der Waals surface area (Å²) in [7, 11) is 1.82. The van der Waals surface area contributed by atoms with E-state index in [4.69, 9.17) is 5.11 Å².